The SMILES string of the molecule is NC(CC(=O)O)C(O)c1cccs1. The van der Waals surface area contributed by atoms with Gasteiger partial charge in [0.15, 0.2) is 0 Å². The van der Waals surface area contributed by atoms with E-state index in [-0.39, 0.29) is 6.42 Å². The van der Waals surface area contributed by atoms with E-state index in [4.69, 9.17) is 10.8 Å². The Morgan fingerprint density at radius 2 is 2.38 bits per heavy atom. The molecule has 0 aliphatic carbocycles. The van der Waals surface area contributed by atoms with Crippen LogP contribution in [-0.4, -0.2) is 22.2 Å². The molecule has 0 radical (unpaired) electrons. The van der Waals surface area contributed by atoms with Gasteiger partial charge in [0.05, 0.1) is 6.42 Å². The van der Waals surface area contributed by atoms with Crippen LogP contribution in [-0.2, 0) is 4.79 Å². The van der Waals surface area contributed by atoms with Crippen molar-refractivity contribution in [3.63, 3.8) is 0 Å². The number of aliphatic carboxylic acids is 1. The molecule has 1 heterocycles. The second-order valence-corrected chi connectivity index (χ2v) is 3.70. The standard InChI is InChI=1S/C8H11NO3S/c9-5(4-7(10)11)8(12)6-2-1-3-13-6/h1-3,5,8,12H,4,9H2,(H,10,11). The Morgan fingerprint density at radius 3 is 2.85 bits per heavy atom. The van der Waals surface area contributed by atoms with Crippen LogP contribution in [0.2, 0.25) is 0 Å². The maximum absolute atomic E-state index is 10.3. The van der Waals surface area contributed by atoms with Gasteiger partial charge in [0.2, 0.25) is 0 Å². The van der Waals surface area contributed by atoms with Gasteiger partial charge in [-0.25, -0.2) is 0 Å². The van der Waals surface area contributed by atoms with Gasteiger partial charge in [-0.2, -0.15) is 0 Å². The summed E-state index contributed by atoms with van der Waals surface area (Å²) < 4.78 is 0. The van der Waals surface area contributed by atoms with Crippen molar-refractivity contribution in [1.29, 1.82) is 0 Å². The maximum atomic E-state index is 10.3. The van der Waals surface area contributed by atoms with Crippen molar-refractivity contribution < 1.29 is 15.0 Å². The highest BCUT2D eigenvalue weighted by Crippen LogP contribution is 2.21. The molecule has 72 valence electrons. The summed E-state index contributed by atoms with van der Waals surface area (Å²) in [5, 5.41) is 19.8. The smallest absolute Gasteiger partial charge is 0.305 e. The number of rotatable bonds is 4. The van der Waals surface area contributed by atoms with Crippen LogP contribution in [0.25, 0.3) is 0 Å². The molecule has 0 aliphatic heterocycles. The van der Waals surface area contributed by atoms with Crippen molar-refractivity contribution in [3.05, 3.63) is 22.4 Å². The lowest BCUT2D eigenvalue weighted by Crippen LogP contribution is -2.30. The first-order valence-electron chi connectivity index (χ1n) is 3.80. The topological polar surface area (TPSA) is 83.6 Å². The van der Waals surface area contributed by atoms with Crippen LogP contribution in [0.1, 0.15) is 17.4 Å². The molecule has 4 N–H and O–H groups in total. The number of carboxylic acids is 1. The summed E-state index contributed by atoms with van der Waals surface area (Å²) in [6.07, 6.45) is -1.10. The van der Waals surface area contributed by atoms with Crippen LogP contribution < -0.4 is 5.73 Å². The predicted molar refractivity (Wildman–Crippen MR) is 49.5 cm³/mol. The van der Waals surface area contributed by atoms with Gasteiger partial charge in [-0.1, -0.05) is 6.07 Å². The van der Waals surface area contributed by atoms with Crippen molar-refractivity contribution in [2.75, 3.05) is 0 Å². The average molecular weight is 201 g/mol. The van der Waals surface area contributed by atoms with E-state index in [2.05, 4.69) is 0 Å². The van der Waals surface area contributed by atoms with Gasteiger partial charge < -0.3 is 15.9 Å². The van der Waals surface area contributed by atoms with E-state index < -0.39 is 18.1 Å². The summed E-state index contributed by atoms with van der Waals surface area (Å²) in [6.45, 7) is 0. The second-order valence-electron chi connectivity index (χ2n) is 2.72. The van der Waals surface area contributed by atoms with Crippen LogP contribution in [0.4, 0.5) is 0 Å². The fraction of sp³-hybridized carbons (Fsp3) is 0.375. The minimum Gasteiger partial charge on any atom is -0.481 e. The molecule has 2 unspecified atom stereocenters. The molecule has 1 aromatic rings. The van der Waals surface area contributed by atoms with Crippen LogP contribution >= 0.6 is 11.3 Å². The first kappa shape index (κ1) is 10.2. The molecule has 1 rings (SSSR count). The number of hydrogen-bond acceptors (Lipinski definition) is 4. The molecule has 0 spiro atoms. The molecule has 1 aromatic heterocycles. The van der Waals surface area contributed by atoms with Crippen LogP contribution in [0, 0.1) is 0 Å². The zero-order chi connectivity index (χ0) is 9.84. The second kappa shape index (κ2) is 4.36. The Kier molecular flexibility index (Phi) is 3.41. The van der Waals surface area contributed by atoms with Crippen molar-refractivity contribution in [2.24, 2.45) is 5.73 Å². The van der Waals surface area contributed by atoms with Gasteiger partial charge in [-0.05, 0) is 11.4 Å². The number of carboxylic acid groups (broad SMARTS) is 1. The van der Waals surface area contributed by atoms with Crippen LogP contribution in [0.3, 0.4) is 0 Å². The first-order chi connectivity index (χ1) is 6.11. The normalized spacial score (nSPS) is 15.2. The summed E-state index contributed by atoms with van der Waals surface area (Å²) in [7, 11) is 0. The fourth-order valence-corrected chi connectivity index (χ4v) is 1.77. The molecule has 5 heteroatoms. The van der Waals surface area contributed by atoms with Gasteiger partial charge in [0.25, 0.3) is 0 Å². The average Bonchev–Trinajstić information content (AvgIpc) is 2.53. The zero-order valence-corrected chi connectivity index (χ0v) is 7.70. The molecule has 13 heavy (non-hydrogen) atoms. The van der Waals surface area contributed by atoms with E-state index in [1.165, 1.54) is 11.3 Å². The first-order valence-corrected chi connectivity index (χ1v) is 4.68. The largest absolute Gasteiger partial charge is 0.481 e. The third-order valence-corrected chi connectivity index (χ3v) is 2.59. The molecule has 0 amide bonds. The van der Waals surface area contributed by atoms with Gasteiger partial charge in [-0.15, -0.1) is 11.3 Å². The van der Waals surface area contributed by atoms with Gasteiger partial charge in [0, 0.05) is 10.9 Å². The minimum absolute atomic E-state index is 0.223. The Balaban J connectivity index is 2.57. The number of hydrogen-bond donors (Lipinski definition) is 3. The molecular formula is C8H11NO3S. The monoisotopic (exact) mass is 201 g/mol. The molecular weight excluding hydrogens is 190 g/mol. The molecule has 0 saturated heterocycles. The zero-order valence-electron chi connectivity index (χ0n) is 6.88. The molecule has 0 aliphatic rings. The predicted octanol–water partition coefficient (Wildman–Crippen LogP) is 0.583. The highest BCUT2D eigenvalue weighted by Gasteiger charge is 2.20. The van der Waals surface area contributed by atoms with E-state index in [1.54, 1.807) is 12.1 Å². The van der Waals surface area contributed by atoms with Gasteiger partial charge in [0.1, 0.15) is 6.10 Å². The summed E-state index contributed by atoms with van der Waals surface area (Å²) in [5.74, 6) is -0.997. The summed E-state index contributed by atoms with van der Waals surface area (Å²) in [4.78, 5) is 11.0. The summed E-state index contributed by atoms with van der Waals surface area (Å²) in [6, 6.07) is 2.78. The van der Waals surface area contributed by atoms with Gasteiger partial charge in [-0.3, -0.25) is 4.79 Å². The highest BCUT2D eigenvalue weighted by atomic mass is 32.1. The molecule has 2 atom stereocenters. The van der Waals surface area contributed by atoms with E-state index in [0.717, 1.165) is 0 Å². The van der Waals surface area contributed by atoms with Crippen LogP contribution in [0.15, 0.2) is 17.5 Å². The summed E-state index contributed by atoms with van der Waals surface area (Å²) in [5.41, 5.74) is 5.49. The number of nitrogens with two attached hydrogens (primary N) is 1. The lowest BCUT2D eigenvalue weighted by atomic mass is 10.1. The van der Waals surface area contributed by atoms with Crippen molar-refractivity contribution in [3.8, 4) is 0 Å². The number of aliphatic hydroxyl groups excluding tert-OH is 1. The summed E-state index contributed by atoms with van der Waals surface area (Å²) >= 11 is 1.36. The highest BCUT2D eigenvalue weighted by molar-refractivity contribution is 7.10. The third-order valence-electron chi connectivity index (χ3n) is 1.65. The number of thiophene rings is 1. The Bertz CT molecular complexity index is 273. The quantitative estimate of drug-likeness (QED) is 0.665. The Hall–Kier alpha value is -0.910. The molecule has 0 saturated carbocycles. The van der Waals surface area contributed by atoms with Crippen molar-refractivity contribution in [2.45, 2.75) is 18.6 Å². The van der Waals surface area contributed by atoms with E-state index in [9.17, 15) is 9.90 Å². The maximum Gasteiger partial charge on any atom is 0.305 e. The van der Waals surface area contributed by atoms with E-state index in [1.807, 2.05) is 5.38 Å². The third kappa shape index (κ3) is 2.80. The molecule has 4 nitrogen and oxygen atoms in total. The fourth-order valence-electron chi connectivity index (χ4n) is 0.984. The van der Waals surface area contributed by atoms with Crippen molar-refractivity contribution in [1.82, 2.24) is 0 Å². The number of carbonyl (C=O) groups is 1. The molecule has 0 fully saturated rings. The Morgan fingerprint density at radius 1 is 1.69 bits per heavy atom. The van der Waals surface area contributed by atoms with Crippen LogP contribution in [0.5, 0.6) is 0 Å². The minimum atomic E-state index is -0.997. The van der Waals surface area contributed by atoms with Gasteiger partial charge >= 0.3 is 5.97 Å². The lowest BCUT2D eigenvalue weighted by molar-refractivity contribution is -0.138. The van der Waals surface area contributed by atoms with E-state index in [0.29, 0.717) is 4.88 Å². The number of aliphatic hydroxyl groups is 1. The molecule has 0 aromatic carbocycles. The Labute approximate surface area is 79.6 Å². The van der Waals surface area contributed by atoms with Crippen molar-refractivity contribution >= 4 is 17.3 Å². The lowest BCUT2D eigenvalue weighted by Gasteiger charge is -2.14. The van der Waals surface area contributed by atoms with E-state index >= 15 is 0 Å². The molecule has 0 bridgehead atoms.